The van der Waals surface area contributed by atoms with Crippen LogP contribution in [0.1, 0.15) is 18.4 Å². The van der Waals surface area contributed by atoms with E-state index in [1.807, 2.05) is 18.0 Å². The van der Waals surface area contributed by atoms with Gasteiger partial charge in [0.25, 0.3) is 5.91 Å². The Labute approximate surface area is 159 Å². The Morgan fingerprint density at radius 1 is 1.27 bits per heavy atom. The van der Waals surface area contributed by atoms with E-state index < -0.39 is 0 Å². The third-order valence-corrected chi connectivity index (χ3v) is 5.00. The van der Waals surface area contributed by atoms with Crippen molar-refractivity contribution in [2.75, 3.05) is 26.7 Å². The molecule has 6 heteroatoms. The van der Waals surface area contributed by atoms with Gasteiger partial charge in [0.05, 0.1) is 11.2 Å². The number of hydrogen-bond acceptors (Lipinski definition) is 4. The molecule has 0 N–H and O–H groups in total. The van der Waals surface area contributed by atoms with Crippen LogP contribution in [0, 0.1) is 0 Å². The summed E-state index contributed by atoms with van der Waals surface area (Å²) in [6, 6.07) is 12.4. The number of aromatic nitrogens is 1. The van der Waals surface area contributed by atoms with E-state index in [-0.39, 0.29) is 18.6 Å². The second kappa shape index (κ2) is 9.01. The highest BCUT2D eigenvalue weighted by Crippen LogP contribution is 2.19. The van der Waals surface area contributed by atoms with Crippen molar-refractivity contribution in [1.29, 1.82) is 0 Å². The second-order valence-corrected chi connectivity index (χ2v) is 7.06. The summed E-state index contributed by atoms with van der Waals surface area (Å²) < 4.78 is 5.51. The molecule has 0 spiro atoms. The number of benzene rings is 1. The lowest BCUT2D eigenvalue weighted by Crippen LogP contribution is -2.46. The van der Waals surface area contributed by atoms with Crippen LogP contribution in [0.4, 0.5) is 0 Å². The van der Waals surface area contributed by atoms with Crippen molar-refractivity contribution in [3.05, 3.63) is 59.4 Å². The van der Waals surface area contributed by atoms with Crippen molar-refractivity contribution in [2.24, 2.45) is 0 Å². The topological polar surface area (TPSA) is 45.7 Å². The lowest BCUT2D eigenvalue weighted by Gasteiger charge is -2.36. The molecule has 138 valence electrons. The highest BCUT2D eigenvalue weighted by atomic mass is 35.5. The molecule has 1 aliphatic rings. The molecule has 0 saturated carbocycles. The zero-order valence-electron chi connectivity index (χ0n) is 15.0. The SMILES string of the molecule is CN(C(=O)COc1cncc(Cl)c1)C1CCN(Cc2ccccc2)CC1. The highest BCUT2D eigenvalue weighted by molar-refractivity contribution is 6.30. The van der Waals surface area contributed by atoms with Gasteiger partial charge in [-0.05, 0) is 18.4 Å². The number of likely N-dealkylation sites (N-methyl/N-ethyl adjacent to an activating group) is 1. The number of hydrogen-bond donors (Lipinski definition) is 0. The molecule has 1 aliphatic heterocycles. The van der Waals surface area contributed by atoms with Crippen LogP contribution >= 0.6 is 11.6 Å². The first-order valence-corrected chi connectivity index (χ1v) is 9.25. The summed E-state index contributed by atoms with van der Waals surface area (Å²) in [5.74, 6) is 0.489. The molecule has 1 fully saturated rings. The van der Waals surface area contributed by atoms with Crippen LogP contribution in [-0.2, 0) is 11.3 Å². The number of halogens is 1. The predicted molar refractivity (Wildman–Crippen MR) is 102 cm³/mol. The Hall–Kier alpha value is -2.11. The Bertz CT molecular complexity index is 718. The molecule has 0 bridgehead atoms. The van der Waals surface area contributed by atoms with Crippen molar-refractivity contribution in [3.8, 4) is 5.75 Å². The van der Waals surface area contributed by atoms with Crippen LogP contribution in [0.5, 0.6) is 5.75 Å². The summed E-state index contributed by atoms with van der Waals surface area (Å²) in [6.45, 7) is 2.96. The highest BCUT2D eigenvalue weighted by Gasteiger charge is 2.25. The van der Waals surface area contributed by atoms with Gasteiger partial charge in [0, 0.05) is 45.0 Å². The molecule has 1 aromatic carbocycles. The van der Waals surface area contributed by atoms with Gasteiger partial charge in [-0.1, -0.05) is 41.9 Å². The smallest absolute Gasteiger partial charge is 0.260 e. The van der Waals surface area contributed by atoms with E-state index in [4.69, 9.17) is 16.3 Å². The van der Waals surface area contributed by atoms with Gasteiger partial charge in [0.2, 0.25) is 0 Å². The number of likely N-dealkylation sites (tertiary alicyclic amines) is 1. The minimum atomic E-state index is -0.0218. The number of piperidine rings is 1. The van der Waals surface area contributed by atoms with Crippen molar-refractivity contribution in [3.63, 3.8) is 0 Å². The summed E-state index contributed by atoms with van der Waals surface area (Å²) in [4.78, 5) is 20.6. The van der Waals surface area contributed by atoms with Crippen LogP contribution in [0.15, 0.2) is 48.8 Å². The molecule has 1 saturated heterocycles. The molecule has 1 aromatic heterocycles. The van der Waals surface area contributed by atoms with Crippen molar-refractivity contribution in [2.45, 2.75) is 25.4 Å². The third kappa shape index (κ3) is 5.19. The normalized spacial score (nSPS) is 15.6. The zero-order chi connectivity index (χ0) is 18.4. The van der Waals surface area contributed by atoms with E-state index in [0.717, 1.165) is 32.5 Å². The van der Waals surface area contributed by atoms with Crippen LogP contribution in [0.2, 0.25) is 5.02 Å². The van der Waals surface area contributed by atoms with E-state index in [0.29, 0.717) is 10.8 Å². The summed E-state index contributed by atoms with van der Waals surface area (Å²) in [5.41, 5.74) is 1.33. The number of nitrogens with zero attached hydrogens (tertiary/aromatic N) is 3. The maximum atomic E-state index is 12.4. The Kier molecular flexibility index (Phi) is 6.47. The van der Waals surface area contributed by atoms with Gasteiger partial charge in [-0.3, -0.25) is 14.7 Å². The molecule has 0 unspecified atom stereocenters. The molecule has 2 aromatic rings. The standard InChI is InChI=1S/C20H24ClN3O2/c1-23(20(25)15-26-19-11-17(21)12-22-13-19)18-7-9-24(10-8-18)14-16-5-3-2-4-6-16/h2-6,11-13,18H,7-10,14-15H2,1H3. The average molecular weight is 374 g/mol. The Morgan fingerprint density at radius 3 is 2.69 bits per heavy atom. The number of ether oxygens (including phenoxy) is 1. The van der Waals surface area contributed by atoms with E-state index in [1.54, 1.807) is 12.3 Å². The molecule has 5 nitrogen and oxygen atoms in total. The Morgan fingerprint density at radius 2 is 2.00 bits per heavy atom. The molecule has 0 radical (unpaired) electrons. The number of pyridine rings is 1. The first kappa shape index (κ1) is 18.7. The molecule has 1 amide bonds. The fourth-order valence-electron chi connectivity index (χ4n) is 3.23. The first-order chi connectivity index (χ1) is 12.6. The van der Waals surface area contributed by atoms with Crippen molar-refractivity contribution < 1.29 is 9.53 Å². The minimum Gasteiger partial charge on any atom is -0.482 e. The monoisotopic (exact) mass is 373 g/mol. The molecule has 3 rings (SSSR count). The van der Waals surface area contributed by atoms with Gasteiger partial charge in [-0.25, -0.2) is 0 Å². The molecular formula is C20H24ClN3O2. The zero-order valence-corrected chi connectivity index (χ0v) is 15.7. The third-order valence-electron chi connectivity index (χ3n) is 4.79. The van der Waals surface area contributed by atoms with Crippen LogP contribution in [0.25, 0.3) is 0 Å². The summed E-state index contributed by atoms with van der Waals surface area (Å²) in [6.07, 6.45) is 5.05. The van der Waals surface area contributed by atoms with E-state index in [2.05, 4.69) is 34.1 Å². The predicted octanol–water partition coefficient (Wildman–Crippen LogP) is 3.24. The van der Waals surface area contributed by atoms with Gasteiger partial charge >= 0.3 is 0 Å². The minimum absolute atomic E-state index is 0.00273. The lowest BCUT2D eigenvalue weighted by atomic mass is 10.0. The first-order valence-electron chi connectivity index (χ1n) is 8.87. The molecule has 0 atom stereocenters. The van der Waals surface area contributed by atoms with Gasteiger partial charge < -0.3 is 9.64 Å². The quantitative estimate of drug-likeness (QED) is 0.779. The fourth-order valence-corrected chi connectivity index (χ4v) is 3.39. The number of carbonyl (C=O) groups is 1. The van der Waals surface area contributed by atoms with E-state index in [1.165, 1.54) is 11.8 Å². The number of rotatable bonds is 6. The van der Waals surface area contributed by atoms with Crippen LogP contribution in [0.3, 0.4) is 0 Å². The maximum Gasteiger partial charge on any atom is 0.260 e. The Balaban J connectivity index is 1.44. The largest absolute Gasteiger partial charge is 0.482 e. The summed E-state index contributed by atoms with van der Waals surface area (Å²) in [7, 11) is 1.86. The number of amides is 1. The van der Waals surface area contributed by atoms with Gasteiger partial charge in [0.1, 0.15) is 5.75 Å². The summed E-state index contributed by atoms with van der Waals surface area (Å²) >= 11 is 5.87. The lowest BCUT2D eigenvalue weighted by molar-refractivity contribution is -0.135. The van der Waals surface area contributed by atoms with E-state index in [9.17, 15) is 4.79 Å². The van der Waals surface area contributed by atoms with Crippen LogP contribution < -0.4 is 4.74 Å². The molecule has 2 heterocycles. The maximum absolute atomic E-state index is 12.4. The molecule has 26 heavy (non-hydrogen) atoms. The van der Waals surface area contributed by atoms with Gasteiger partial charge in [-0.2, -0.15) is 0 Å². The molecular weight excluding hydrogens is 350 g/mol. The van der Waals surface area contributed by atoms with Crippen molar-refractivity contribution in [1.82, 2.24) is 14.8 Å². The van der Waals surface area contributed by atoms with Crippen molar-refractivity contribution >= 4 is 17.5 Å². The van der Waals surface area contributed by atoms with E-state index >= 15 is 0 Å². The van der Waals surface area contributed by atoms with Crippen LogP contribution in [-0.4, -0.2) is 53.5 Å². The average Bonchev–Trinajstić information content (AvgIpc) is 2.67. The van der Waals surface area contributed by atoms with Gasteiger partial charge in [0.15, 0.2) is 6.61 Å². The summed E-state index contributed by atoms with van der Waals surface area (Å²) in [5, 5.41) is 0.495. The molecule has 0 aliphatic carbocycles. The second-order valence-electron chi connectivity index (χ2n) is 6.63. The number of carbonyl (C=O) groups excluding carboxylic acids is 1. The fraction of sp³-hybridized carbons (Fsp3) is 0.400. The van der Waals surface area contributed by atoms with Gasteiger partial charge in [-0.15, -0.1) is 0 Å².